The van der Waals surface area contributed by atoms with Crippen molar-refractivity contribution in [1.29, 1.82) is 0 Å². The molecule has 0 aromatic heterocycles. The number of anilines is 1. The number of hydrogen-bond acceptors (Lipinski definition) is 2. The highest BCUT2D eigenvalue weighted by atomic mass is 15.1. The predicted molar refractivity (Wildman–Crippen MR) is 93.0 cm³/mol. The van der Waals surface area contributed by atoms with E-state index in [0.717, 1.165) is 25.3 Å². The van der Waals surface area contributed by atoms with Crippen molar-refractivity contribution in [3.05, 3.63) is 29.8 Å². The molecule has 0 amide bonds. The first-order valence-electron chi connectivity index (χ1n) is 7.88. The number of hydrogen-bond donors (Lipinski definition) is 2. The molecule has 0 aliphatic heterocycles. The quantitative estimate of drug-likeness (QED) is 0.571. The largest absolute Gasteiger partial charge is 0.370 e. The normalized spacial score (nSPS) is 12.2. The first-order valence-corrected chi connectivity index (χ1v) is 7.88. The molecule has 0 radical (unpaired) electrons. The number of benzene rings is 1. The molecule has 0 atom stereocenters. The van der Waals surface area contributed by atoms with Crippen molar-refractivity contribution in [2.75, 3.05) is 32.0 Å². The summed E-state index contributed by atoms with van der Waals surface area (Å²) in [6, 6.07) is 8.32. The lowest BCUT2D eigenvalue weighted by Crippen LogP contribution is -2.26. The van der Waals surface area contributed by atoms with Crippen LogP contribution in [-0.2, 0) is 0 Å². The minimum atomic E-state index is 0.486. The van der Waals surface area contributed by atoms with Gasteiger partial charge in [-0.1, -0.05) is 39.3 Å². The summed E-state index contributed by atoms with van der Waals surface area (Å²) >= 11 is 0. The fourth-order valence-electron chi connectivity index (χ4n) is 2.04. The number of nitrogens with one attached hydrogen (secondary N) is 1. The lowest BCUT2D eigenvalue weighted by atomic mass is 10.0. The molecule has 0 spiro atoms. The minimum Gasteiger partial charge on any atom is -0.370 e. The van der Waals surface area contributed by atoms with Gasteiger partial charge in [0.2, 0.25) is 0 Å². The molecule has 0 bridgehead atoms. The summed E-state index contributed by atoms with van der Waals surface area (Å²) in [6.07, 6.45) is 2.46. The highest BCUT2D eigenvalue weighted by molar-refractivity contribution is 5.92. The number of unbranched alkanes of at least 4 members (excludes halogenated alkanes) is 1. The van der Waals surface area contributed by atoms with Gasteiger partial charge in [-0.15, -0.1) is 0 Å². The molecule has 4 nitrogen and oxygen atoms in total. The Morgan fingerprint density at radius 2 is 2.10 bits per heavy atom. The van der Waals surface area contributed by atoms with E-state index in [9.17, 15) is 0 Å². The zero-order valence-electron chi connectivity index (χ0n) is 13.9. The number of nitrogens with two attached hydrogens (primary N) is 1. The molecular formula is C17H30N4. The van der Waals surface area contributed by atoms with E-state index in [4.69, 9.17) is 5.73 Å². The highest BCUT2D eigenvalue weighted by Crippen LogP contribution is 2.18. The third-order valence-electron chi connectivity index (χ3n) is 3.48. The molecule has 0 saturated carbocycles. The maximum atomic E-state index is 5.94. The van der Waals surface area contributed by atoms with Crippen molar-refractivity contribution in [2.24, 2.45) is 10.7 Å². The third kappa shape index (κ3) is 7.14. The Morgan fingerprint density at radius 3 is 2.76 bits per heavy atom. The topological polar surface area (TPSA) is 53.6 Å². The van der Waals surface area contributed by atoms with Crippen LogP contribution < -0.4 is 11.1 Å². The van der Waals surface area contributed by atoms with Crippen LogP contribution >= 0.6 is 0 Å². The maximum Gasteiger partial charge on any atom is 0.193 e. The second-order valence-electron chi connectivity index (χ2n) is 5.83. The fraction of sp³-hybridized carbons (Fsp3) is 0.588. The number of nitrogens with zero attached hydrogens (tertiary/aromatic N) is 2. The SMILES string of the molecule is CCCCN(C)CCN=C(N)Nc1cccc(C(C)C)c1. The Labute approximate surface area is 129 Å². The molecule has 0 aliphatic rings. The molecule has 1 aromatic carbocycles. The number of aliphatic imine (C=N–C) groups is 1. The third-order valence-corrected chi connectivity index (χ3v) is 3.48. The van der Waals surface area contributed by atoms with Crippen LogP contribution in [0.15, 0.2) is 29.3 Å². The molecule has 0 saturated heterocycles. The number of guanidine groups is 1. The van der Waals surface area contributed by atoms with E-state index in [1.807, 2.05) is 12.1 Å². The van der Waals surface area contributed by atoms with Crippen molar-refractivity contribution in [3.8, 4) is 0 Å². The molecule has 0 heterocycles. The molecule has 3 N–H and O–H groups in total. The predicted octanol–water partition coefficient (Wildman–Crippen LogP) is 3.27. The van der Waals surface area contributed by atoms with E-state index in [1.54, 1.807) is 0 Å². The molecular weight excluding hydrogens is 260 g/mol. The minimum absolute atomic E-state index is 0.486. The smallest absolute Gasteiger partial charge is 0.193 e. The van der Waals surface area contributed by atoms with Crippen molar-refractivity contribution < 1.29 is 0 Å². The summed E-state index contributed by atoms with van der Waals surface area (Å²) in [4.78, 5) is 6.68. The zero-order valence-corrected chi connectivity index (χ0v) is 13.9. The van der Waals surface area contributed by atoms with Gasteiger partial charge in [0.05, 0.1) is 6.54 Å². The van der Waals surface area contributed by atoms with Crippen LogP contribution in [0.5, 0.6) is 0 Å². The lowest BCUT2D eigenvalue weighted by Gasteiger charge is -2.14. The van der Waals surface area contributed by atoms with Crippen molar-refractivity contribution in [2.45, 2.75) is 39.5 Å². The molecule has 21 heavy (non-hydrogen) atoms. The van der Waals surface area contributed by atoms with Gasteiger partial charge in [0.15, 0.2) is 5.96 Å². The second-order valence-corrected chi connectivity index (χ2v) is 5.83. The Hall–Kier alpha value is -1.55. The maximum absolute atomic E-state index is 5.94. The van der Waals surface area contributed by atoms with Gasteiger partial charge >= 0.3 is 0 Å². The first-order chi connectivity index (χ1) is 10.0. The van der Waals surface area contributed by atoms with E-state index < -0.39 is 0 Å². The fourth-order valence-corrected chi connectivity index (χ4v) is 2.04. The molecule has 4 heteroatoms. The van der Waals surface area contributed by atoms with Crippen LogP contribution in [0.3, 0.4) is 0 Å². The van der Waals surface area contributed by atoms with E-state index in [1.165, 1.54) is 18.4 Å². The van der Waals surface area contributed by atoms with Gasteiger partial charge in [0.25, 0.3) is 0 Å². The van der Waals surface area contributed by atoms with Crippen LogP contribution in [0.4, 0.5) is 5.69 Å². The molecule has 1 aromatic rings. The van der Waals surface area contributed by atoms with Gasteiger partial charge in [0, 0.05) is 12.2 Å². The van der Waals surface area contributed by atoms with Crippen LogP contribution in [0.1, 0.15) is 45.1 Å². The van der Waals surface area contributed by atoms with E-state index in [-0.39, 0.29) is 0 Å². The standard InChI is InChI=1S/C17H30N4/c1-5-6-11-21(4)12-10-19-17(18)20-16-9-7-8-15(13-16)14(2)3/h7-9,13-14H,5-6,10-12H2,1-4H3,(H3,18,19,20). The van der Waals surface area contributed by atoms with Crippen LogP contribution in [0.2, 0.25) is 0 Å². The Balaban J connectivity index is 2.43. The van der Waals surface area contributed by atoms with Gasteiger partial charge in [-0.3, -0.25) is 4.99 Å². The summed E-state index contributed by atoms with van der Waals surface area (Å²) in [6.45, 7) is 9.36. The monoisotopic (exact) mass is 290 g/mol. The summed E-state index contributed by atoms with van der Waals surface area (Å²) in [5.74, 6) is 0.997. The van der Waals surface area contributed by atoms with Crippen LogP contribution in [0, 0.1) is 0 Å². The summed E-state index contributed by atoms with van der Waals surface area (Å²) < 4.78 is 0. The van der Waals surface area contributed by atoms with Crippen molar-refractivity contribution in [1.82, 2.24) is 4.90 Å². The first kappa shape index (κ1) is 17.5. The molecule has 0 fully saturated rings. The number of rotatable bonds is 8. The van der Waals surface area contributed by atoms with Gasteiger partial charge in [0.1, 0.15) is 0 Å². The Bertz CT molecular complexity index is 440. The van der Waals surface area contributed by atoms with Gasteiger partial charge in [-0.05, 0) is 43.6 Å². The zero-order chi connectivity index (χ0) is 15.7. The molecule has 0 unspecified atom stereocenters. The highest BCUT2D eigenvalue weighted by Gasteiger charge is 2.01. The molecule has 0 aliphatic carbocycles. The Morgan fingerprint density at radius 1 is 1.33 bits per heavy atom. The van der Waals surface area contributed by atoms with E-state index in [0.29, 0.717) is 11.9 Å². The number of likely N-dealkylation sites (N-methyl/N-ethyl adjacent to an activating group) is 1. The van der Waals surface area contributed by atoms with Gasteiger partial charge in [-0.25, -0.2) is 0 Å². The lowest BCUT2D eigenvalue weighted by molar-refractivity contribution is 0.337. The summed E-state index contributed by atoms with van der Waals surface area (Å²) in [5, 5.41) is 3.16. The molecule has 1 rings (SSSR count). The Kier molecular flexibility index (Phi) is 7.83. The van der Waals surface area contributed by atoms with E-state index >= 15 is 0 Å². The average Bonchev–Trinajstić information content (AvgIpc) is 2.45. The van der Waals surface area contributed by atoms with Crippen molar-refractivity contribution >= 4 is 11.6 Å². The van der Waals surface area contributed by atoms with Crippen LogP contribution in [0.25, 0.3) is 0 Å². The average molecular weight is 290 g/mol. The second kappa shape index (κ2) is 9.40. The summed E-state index contributed by atoms with van der Waals surface area (Å²) in [7, 11) is 2.13. The molecule has 118 valence electrons. The van der Waals surface area contributed by atoms with E-state index in [2.05, 4.69) is 55.2 Å². The van der Waals surface area contributed by atoms with Gasteiger partial charge < -0.3 is 16.0 Å². The van der Waals surface area contributed by atoms with Crippen molar-refractivity contribution in [3.63, 3.8) is 0 Å². The summed E-state index contributed by atoms with van der Waals surface area (Å²) in [5.41, 5.74) is 8.24. The van der Waals surface area contributed by atoms with Crippen LogP contribution in [-0.4, -0.2) is 37.5 Å². The van der Waals surface area contributed by atoms with Gasteiger partial charge in [-0.2, -0.15) is 0 Å².